The Morgan fingerprint density at radius 3 is 2.19 bits per heavy atom. The molecule has 2 aromatic carbocycles. The number of amides is 2. The summed E-state index contributed by atoms with van der Waals surface area (Å²) in [7, 11) is 0. The van der Waals surface area contributed by atoms with Gasteiger partial charge in [-0.15, -0.1) is 0 Å². The molecule has 138 valence electrons. The molecule has 0 radical (unpaired) electrons. The van der Waals surface area contributed by atoms with Crippen molar-refractivity contribution in [3.8, 4) is 0 Å². The van der Waals surface area contributed by atoms with Gasteiger partial charge < -0.3 is 15.5 Å². The standard InChI is InChI=1S/C20H24BrN3O2/c1-4-24(14(2)3)18-11-5-15(6-12-18)20(26)22-13-19(25)23-17-9-7-16(21)8-10-17/h5-12,14H,4,13H2,1-3H3,(H,22,26)(H,23,25). The molecule has 0 bridgehead atoms. The molecule has 26 heavy (non-hydrogen) atoms. The fourth-order valence-corrected chi connectivity index (χ4v) is 2.92. The molecule has 0 aliphatic heterocycles. The van der Waals surface area contributed by atoms with E-state index in [1.807, 2.05) is 24.3 Å². The fourth-order valence-electron chi connectivity index (χ4n) is 2.65. The zero-order valence-electron chi connectivity index (χ0n) is 15.3. The SMILES string of the molecule is CCN(c1ccc(C(=O)NCC(=O)Nc2ccc(Br)cc2)cc1)C(C)C. The van der Waals surface area contributed by atoms with Crippen molar-refractivity contribution in [1.82, 2.24) is 5.32 Å². The Hall–Kier alpha value is -2.34. The van der Waals surface area contributed by atoms with Gasteiger partial charge in [0, 0.05) is 34.0 Å². The summed E-state index contributed by atoms with van der Waals surface area (Å²) in [5, 5.41) is 5.38. The molecule has 0 fully saturated rings. The number of nitrogens with one attached hydrogen (secondary N) is 2. The van der Waals surface area contributed by atoms with Crippen LogP contribution in [0, 0.1) is 0 Å². The van der Waals surface area contributed by atoms with E-state index in [0.717, 1.165) is 16.7 Å². The lowest BCUT2D eigenvalue weighted by Crippen LogP contribution is -2.33. The van der Waals surface area contributed by atoms with Gasteiger partial charge in [-0.1, -0.05) is 15.9 Å². The van der Waals surface area contributed by atoms with Gasteiger partial charge in [0.05, 0.1) is 6.54 Å². The van der Waals surface area contributed by atoms with Gasteiger partial charge in [0.1, 0.15) is 0 Å². The topological polar surface area (TPSA) is 61.4 Å². The average Bonchev–Trinajstić information content (AvgIpc) is 2.62. The van der Waals surface area contributed by atoms with Crippen molar-refractivity contribution in [1.29, 1.82) is 0 Å². The molecular formula is C20H24BrN3O2. The Bertz CT molecular complexity index is 743. The second-order valence-electron chi connectivity index (χ2n) is 6.16. The third-order valence-electron chi connectivity index (χ3n) is 3.96. The van der Waals surface area contributed by atoms with E-state index >= 15 is 0 Å². The molecule has 0 spiro atoms. The molecule has 0 atom stereocenters. The fraction of sp³-hybridized carbons (Fsp3) is 0.300. The van der Waals surface area contributed by atoms with Gasteiger partial charge >= 0.3 is 0 Å². The van der Waals surface area contributed by atoms with Crippen molar-refractivity contribution < 1.29 is 9.59 Å². The van der Waals surface area contributed by atoms with Crippen molar-refractivity contribution in [3.05, 3.63) is 58.6 Å². The van der Waals surface area contributed by atoms with Gasteiger partial charge in [0.25, 0.3) is 5.91 Å². The molecule has 0 aromatic heterocycles. The van der Waals surface area contributed by atoms with Crippen LogP contribution in [0.25, 0.3) is 0 Å². The maximum absolute atomic E-state index is 12.2. The first kappa shape index (κ1) is 20.0. The Kier molecular flexibility index (Phi) is 7.21. The first-order valence-corrected chi connectivity index (χ1v) is 9.40. The van der Waals surface area contributed by atoms with Gasteiger partial charge in [0.15, 0.2) is 0 Å². The Morgan fingerprint density at radius 1 is 1.04 bits per heavy atom. The number of carbonyl (C=O) groups is 2. The van der Waals surface area contributed by atoms with Gasteiger partial charge in [-0.3, -0.25) is 9.59 Å². The molecule has 0 aliphatic carbocycles. The molecule has 6 heteroatoms. The van der Waals surface area contributed by atoms with Crippen LogP contribution in [0.3, 0.4) is 0 Å². The third-order valence-corrected chi connectivity index (χ3v) is 4.49. The van der Waals surface area contributed by atoms with Crippen LogP contribution in [0.15, 0.2) is 53.0 Å². The lowest BCUT2D eigenvalue weighted by molar-refractivity contribution is -0.115. The van der Waals surface area contributed by atoms with Crippen molar-refractivity contribution >= 4 is 39.1 Å². The number of rotatable bonds is 7. The number of hydrogen-bond donors (Lipinski definition) is 2. The molecular weight excluding hydrogens is 394 g/mol. The first-order chi connectivity index (χ1) is 12.4. The summed E-state index contributed by atoms with van der Waals surface area (Å²) in [6, 6.07) is 15.1. The predicted molar refractivity (Wildman–Crippen MR) is 110 cm³/mol. The summed E-state index contributed by atoms with van der Waals surface area (Å²) < 4.78 is 0.936. The molecule has 0 saturated heterocycles. The highest BCUT2D eigenvalue weighted by atomic mass is 79.9. The second-order valence-corrected chi connectivity index (χ2v) is 7.08. The zero-order valence-corrected chi connectivity index (χ0v) is 16.8. The van der Waals surface area contributed by atoms with Crippen LogP contribution >= 0.6 is 15.9 Å². The lowest BCUT2D eigenvalue weighted by atomic mass is 10.1. The average molecular weight is 418 g/mol. The van der Waals surface area contributed by atoms with E-state index in [1.165, 1.54) is 0 Å². The maximum atomic E-state index is 12.2. The van der Waals surface area contributed by atoms with E-state index in [0.29, 0.717) is 17.3 Å². The van der Waals surface area contributed by atoms with Crippen molar-refractivity contribution in [2.45, 2.75) is 26.8 Å². The molecule has 2 N–H and O–H groups in total. The Labute approximate surface area is 162 Å². The Balaban J connectivity index is 1.89. The van der Waals surface area contributed by atoms with Crippen LogP contribution in [-0.2, 0) is 4.79 Å². The molecule has 0 unspecified atom stereocenters. The maximum Gasteiger partial charge on any atom is 0.251 e. The van der Waals surface area contributed by atoms with Crippen LogP contribution in [0.2, 0.25) is 0 Å². The lowest BCUT2D eigenvalue weighted by Gasteiger charge is -2.27. The molecule has 0 saturated carbocycles. The molecule has 0 aliphatic rings. The molecule has 0 heterocycles. The number of hydrogen-bond acceptors (Lipinski definition) is 3. The monoisotopic (exact) mass is 417 g/mol. The van der Waals surface area contributed by atoms with E-state index in [1.54, 1.807) is 24.3 Å². The smallest absolute Gasteiger partial charge is 0.251 e. The summed E-state index contributed by atoms with van der Waals surface area (Å²) in [6.07, 6.45) is 0. The normalized spacial score (nSPS) is 10.5. The van der Waals surface area contributed by atoms with E-state index in [2.05, 4.69) is 52.2 Å². The number of carbonyl (C=O) groups excluding carboxylic acids is 2. The minimum Gasteiger partial charge on any atom is -0.369 e. The summed E-state index contributed by atoms with van der Waals surface area (Å²) in [4.78, 5) is 26.4. The van der Waals surface area contributed by atoms with E-state index < -0.39 is 0 Å². The summed E-state index contributed by atoms with van der Waals surface area (Å²) in [6.45, 7) is 7.19. The van der Waals surface area contributed by atoms with E-state index in [4.69, 9.17) is 0 Å². The highest BCUT2D eigenvalue weighted by Gasteiger charge is 2.11. The molecule has 2 amide bonds. The summed E-state index contributed by atoms with van der Waals surface area (Å²) in [5.74, 6) is -0.538. The van der Waals surface area contributed by atoms with Crippen LogP contribution in [0.4, 0.5) is 11.4 Å². The number of nitrogens with zero attached hydrogens (tertiary/aromatic N) is 1. The number of benzene rings is 2. The number of anilines is 2. The quantitative estimate of drug-likeness (QED) is 0.713. The third kappa shape index (κ3) is 5.59. The van der Waals surface area contributed by atoms with Crippen LogP contribution in [0.1, 0.15) is 31.1 Å². The second kappa shape index (κ2) is 9.38. The first-order valence-electron chi connectivity index (χ1n) is 8.61. The highest BCUT2D eigenvalue weighted by Crippen LogP contribution is 2.17. The largest absolute Gasteiger partial charge is 0.369 e. The zero-order chi connectivity index (χ0) is 19.1. The van der Waals surface area contributed by atoms with Crippen LogP contribution in [0.5, 0.6) is 0 Å². The Morgan fingerprint density at radius 2 is 1.65 bits per heavy atom. The molecule has 2 aromatic rings. The van der Waals surface area contributed by atoms with Gasteiger partial charge in [-0.25, -0.2) is 0 Å². The summed E-state index contributed by atoms with van der Waals surface area (Å²) in [5.41, 5.74) is 2.29. The van der Waals surface area contributed by atoms with E-state index in [9.17, 15) is 9.59 Å². The summed E-state index contributed by atoms with van der Waals surface area (Å²) >= 11 is 3.34. The van der Waals surface area contributed by atoms with Gasteiger partial charge in [-0.05, 0) is 69.3 Å². The van der Waals surface area contributed by atoms with Crippen molar-refractivity contribution in [2.75, 3.05) is 23.3 Å². The van der Waals surface area contributed by atoms with Crippen molar-refractivity contribution in [3.63, 3.8) is 0 Å². The highest BCUT2D eigenvalue weighted by molar-refractivity contribution is 9.10. The van der Waals surface area contributed by atoms with Crippen LogP contribution in [-0.4, -0.2) is 30.9 Å². The minimum absolute atomic E-state index is 0.0796. The van der Waals surface area contributed by atoms with Gasteiger partial charge in [0.2, 0.25) is 5.91 Å². The molecule has 5 nitrogen and oxygen atoms in total. The van der Waals surface area contributed by atoms with Gasteiger partial charge in [-0.2, -0.15) is 0 Å². The molecule has 2 rings (SSSR count). The van der Waals surface area contributed by atoms with E-state index in [-0.39, 0.29) is 18.4 Å². The van der Waals surface area contributed by atoms with Crippen molar-refractivity contribution in [2.24, 2.45) is 0 Å². The number of halogens is 1. The van der Waals surface area contributed by atoms with Crippen LogP contribution < -0.4 is 15.5 Å². The predicted octanol–water partition coefficient (Wildman–Crippen LogP) is 4.05. The minimum atomic E-state index is -0.269.